The van der Waals surface area contributed by atoms with Gasteiger partial charge in [0.1, 0.15) is 60.3 Å². The number of aliphatic hydroxyl groups is 8. The number of rotatable bonds is 7. The van der Waals surface area contributed by atoms with Crippen LogP contribution in [0.25, 0.3) is 0 Å². The Hall–Kier alpha value is -6.68. The van der Waals surface area contributed by atoms with Gasteiger partial charge in [0.2, 0.25) is 35.4 Å². The van der Waals surface area contributed by atoms with Gasteiger partial charge >= 0.3 is 0 Å². The van der Waals surface area contributed by atoms with Crippen molar-refractivity contribution < 1.29 is 74.7 Å². The van der Waals surface area contributed by atoms with Crippen LogP contribution in [0.4, 0.5) is 5.69 Å². The Morgan fingerprint density at radius 1 is 0.629 bits per heavy atom. The fourth-order valence-electron chi connectivity index (χ4n) is 8.54. The Labute approximate surface area is 402 Å². The third kappa shape index (κ3) is 12.4. The lowest BCUT2D eigenvalue weighted by molar-refractivity contribution is -0.148. The van der Waals surface area contributed by atoms with Crippen molar-refractivity contribution in [2.24, 2.45) is 5.92 Å². The first kappa shape index (κ1) is 52.7. The normalized spacial score (nSPS) is 30.1. The van der Waals surface area contributed by atoms with Gasteiger partial charge in [-0.1, -0.05) is 49.1 Å². The zero-order valence-electron chi connectivity index (χ0n) is 38.4. The number of hydrogen-bond donors (Lipinski definition) is 14. The molecular weight excluding hydrogens is 915 g/mol. The predicted molar refractivity (Wildman–Crippen MR) is 246 cm³/mol. The molecule has 70 heavy (non-hydrogen) atoms. The molecule has 3 aromatic rings. The van der Waals surface area contributed by atoms with Gasteiger partial charge in [0.25, 0.3) is 0 Å². The molecule has 3 heterocycles. The maximum atomic E-state index is 14.3. The third-order valence-corrected chi connectivity index (χ3v) is 12.5. The van der Waals surface area contributed by atoms with Crippen LogP contribution in [-0.4, -0.2) is 183 Å². The molecular formula is C48H59N7O15. The minimum absolute atomic E-state index is 0.0550. The highest BCUT2D eigenvalue weighted by Gasteiger charge is 2.50. The molecule has 3 aliphatic heterocycles. The van der Waals surface area contributed by atoms with Gasteiger partial charge < -0.3 is 82.3 Å². The number of aliphatic hydroxyl groups excluding tert-OH is 8. The van der Waals surface area contributed by atoms with Gasteiger partial charge in [-0.2, -0.15) is 0 Å². The molecule has 6 rings (SSSR count). The van der Waals surface area contributed by atoms with E-state index in [1.54, 1.807) is 24.3 Å². The van der Waals surface area contributed by atoms with E-state index < -0.39 is 146 Å². The standard InChI is InChI=1S/C48H59N7O15/c1-23-21-55-38(39(23)61)46(68)53-44(66)34(60)20-32(49-29-15-11-27(12-16-29)10-9-26-7-5-4-6-8-26)42(64)50-35(24(2)56)47(69)54-22-31(59)19-33(54)43(65)52-37(45(67)51-36(25(3)57)48(55)70)41(63)40(62)28-13-17-30(58)18-14-28/h4-8,11-18,23-25,31-41,44,49,56-63,66H,19-22H2,1-3H3,(H,50,64)(H,51,67)(H,52,65)(H,53,68)/t23-,24+,25+,31+,32-,33-,34+,35-,36-,37-,38-,39-,40-,41-,44+/m0/s1. The summed E-state index contributed by atoms with van der Waals surface area (Å²) in [7, 11) is 0. The van der Waals surface area contributed by atoms with E-state index >= 15 is 0 Å². The summed E-state index contributed by atoms with van der Waals surface area (Å²) >= 11 is 0. The summed E-state index contributed by atoms with van der Waals surface area (Å²) in [4.78, 5) is 87.0. The summed E-state index contributed by atoms with van der Waals surface area (Å²) in [6.45, 7) is 2.87. The molecule has 0 aromatic heterocycles. The minimum atomic E-state index is -2.26. The lowest BCUT2D eigenvalue weighted by atomic mass is 9.96. The number of carbonyl (C=O) groups is 6. The third-order valence-electron chi connectivity index (χ3n) is 12.5. The second-order valence-electron chi connectivity index (χ2n) is 17.9. The number of anilines is 1. The number of phenols is 1. The predicted octanol–water partition coefficient (Wildman–Crippen LogP) is -3.75. The zero-order valence-corrected chi connectivity index (χ0v) is 38.4. The molecule has 22 heteroatoms. The Bertz CT molecular complexity index is 2420. The van der Waals surface area contributed by atoms with Crippen LogP contribution in [0.2, 0.25) is 0 Å². The van der Waals surface area contributed by atoms with Crippen LogP contribution >= 0.6 is 0 Å². The maximum Gasteiger partial charge on any atom is 0.248 e. The summed E-state index contributed by atoms with van der Waals surface area (Å²) < 4.78 is 0. The van der Waals surface area contributed by atoms with Crippen molar-refractivity contribution in [1.29, 1.82) is 0 Å². The maximum absolute atomic E-state index is 14.3. The second kappa shape index (κ2) is 22.8. The molecule has 0 spiro atoms. The fraction of sp³-hybridized carbons (Fsp3) is 0.458. The highest BCUT2D eigenvalue weighted by atomic mass is 16.3. The van der Waals surface area contributed by atoms with Crippen LogP contribution in [0.3, 0.4) is 0 Å². The number of hydrogen-bond acceptors (Lipinski definition) is 16. The number of carbonyl (C=O) groups excluding carboxylic acids is 6. The van der Waals surface area contributed by atoms with Crippen LogP contribution in [0.15, 0.2) is 78.9 Å². The average Bonchev–Trinajstić information content (AvgIpc) is 3.87. The molecule has 14 N–H and O–H groups in total. The van der Waals surface area contributed by atoms with E-state index in [2.05, 4.69) is 38.4 Å². The Morgan fingerprint density at radius 3 is 1.79 bits per heavy atom. The van der Waals surface area contributed by atoms with E-state index in [0.717, 1.165) is 29.2 Å². The Morgan fingerprint density at radius 2 is 1.19 bits per heavy atom. The smallest absolute Gasteiger partial charge is 0.248 e. The van der Waals surface area contributed by atoms with Crippen molar-refractivity contribution in [3.63, 3.8) is 0 Å². The van der Waals surface area contributed by atoms with Crippen LogP contribution in [0.5, 0.6) is 5.75 Å². The quantitative estimate of drug-likeness (QED) is 0.101. The Kier molecular flexibility index (Phi) is 17.2. The van der Waals surface area contributed by atoms with Crippen LogP contribution < -0.4 is 26.6 Å². The second-order valence-corrected chi connectivity index (χ2v) is 17.9. The number of fused-ring (bicyclic) bond motifs is 2. The molecule has 0 bridgehead atoms. The molecule has 6 amide bonds. The van der Waals surface area contributed by atoms with E-state index in [-0.39, 0.29) is 23.5 Å². The van der Waals surface area contributed by atoms with Crippen molar-refractivity contribution in [2.45, 2.75) is 119 Å². The molecule has 0 aliphatic carbocycles. The molecule has 3 fully saturated rings. The van der Waals surface area contributed by atoms with E-state index in [9.17, 15) is 74.7 Å². The lowest BCUT2D eigenvalue weighted by Crippen LogP contribution is -2.64. The van der Waals surface area contributed by atoms with Crippen molar-refractivity contribution in [2.75, 3.05) is 18.4 Å². The van der Waals surface area contributed by atoms with Gasteiger partial charge in [0, 0.05) is 48.7 Å². The minimum Gasteiger partial charge on any atom is -0.508 e. The highest BCUT2D eigenvalue weighted by molar-refractivity contribution is 5.98. The molecule has 0 unspecified atom stereocenters. The monoisotopic (exact) mass is 973 g/mol. The first-order valence-corrected chi connectivity index (χ1v) is 22.6. The molecule has 376 valence electrons. The number of nitrogens with zero attached hydrogens (tertiary/aromatic N) is 2. The van der Waals surface area contributed by atoms with Crippen LogP contribution in [0, 0.1) is 17.8 Å². The first-order valence-electron chi connectivity index (χ1n) is 22.6. The number of amides is 6. The van der Waals surface area contributed by atoms with E-state index in [1.165, 1.54) is 31.2 Å². The van der Waals surface area contributed by atoms with Crippen molar-refractivity contribution >= 4 is 41.1 Å². The van der Waals surface area contributed by atoms with Crippen LogP contribution in [-0.2, 0) is 28.8 Å². The molecule has 3 aliphatic rings. The topological polar surface area (TPSA) is 351 Å². The molecule has 0 radical (unpaired) electrons. The van der Waals surface area contributed by atoms with Gasteiger partial charge in [0.05, 0.1) is 24.4 Å². The number of aromatic hydroxyl groups is 1. The Balaban J connectivity index is 1.38. The number of phenolic OH excluding ortho intramolecular Hbond substituents is 1. The summed E-state index contributed by atoms with van der Waals surface area (Å²) in [5.74, 6) is -2.04. The van der Waals surface area contributed by atoms with E-state index in [1.807, 2.05) is 30.3 Å². The number of nitrogens with one attached hydrogen (secondary N) is 5. The van der Waals surface area contributed by atoms with E-state index in [4.69, 9.17) is 0 Å². The first-order chi connectivity index (χ1) is 33.1. The summed E-state index contributed by atoms with van der Waals surface area (Å²) in [6, 6.07) is 9.25. The lowest BCUT2D eigenvalue weighted by Gasteiger charge is -2.34. The zero-order chi connectivity index (χ0) is 51.1. The molecule has 3 saturated heterocycles. The van der Waals surface area contributed by atoms with Crippen molar-refractivity contribution in [3.05, 3.63) is 95.6 Å². The van der Waals surface area contributed by atoms with Crippen molar-refractivity contribution in [3.8, 4) is 17.6 Å². The van der Waals surface area contributed by atoms with E-state index in [0.29, 0.717) is 5.56 Å². The summed E-state index contributed by atoms with van der Waals surface area (Å²) in [5, 5.41) is 111. The van der Waals surface area contributed by atoms with Gasteiger partial charge in [-0.05, 0) is 67.9 Å². The van der Waals surface area contributed by atoms with Crippen molar-refractivity contribution in [1.82, 2.24) is 31.1 Å². The summed E-state index contributed by atoms with van der Waals surface area (Å²) in [5.41, 5.74) is 1.57. The van der Waals surface area contributed by atoms with Gasteiger partial charge in [0.15, 0.2) is 6.23 Å². The van der Waals surface area contributed by atoms with Crippen LogP contribution in [0.1, 0.15) is 56.4 Å². The molecule has 3 aromatic carbocycles. The number of benzene rings is 3. The highest BCUT2D eigenvalue weighted by Crippen LogP contribution is 2.28. The summed E-state index contributed by atoms with van der Waals surface area (Å²) in [6.07, 6.45) is -16.0. The van der Waals surface area contributed by atoms with Gasteiger partial charge in [-0.3, -0.25) is 28.8 Å². The SMILES string of the molecule is C[C@@H](O)[C@@H]1NC(=O)[C@H]([C@H](O)[C@@H](O)c2ccc(O)cc2)NC(=O)[C@@H]2C[C@@H](O)CN2C(=O)[C@H]([C@@H](C)O)NC(=O)[C@@H](Nc2ccc(C#Cc3ccccc3)cc2)C[C@@H](O)[C@@H](O)NC(=O)[C@@H]2[C@@H](O)[C@@H](C)CN2C1=O. The fourth-order valence-corrected chi connectivity index (χ4v) is 8.54. The van der Waals surface area contributed by atoms with Gasteiger partial charge in [-0.25, -0.2) is 0 Å². The molecule has 15 atom stereocenters. The molecule has 22 nitrogen and oxygen atoms in total. The largest absolute Gasteiger partial charge is 0.508 e. The average molecular weight is 974 g/mol. The molecule has 0 saturated carbocycles. The van der Waals surface area contributed by atoms with Gasteiger partial charge in [-0.15, -0.1) is 0 Å².